The van der Waals surface area contributed by atoms with Crippen LogP contribution in [0.15, 0.2) is 11.6 Å². The molecule has 0 atom stereocenters. The largest absolute Gasteiger partial charge is 0.366 e. The second-order valence-electron chi connectivity index (χ2n) is 2.48. The van der Waals surface area contributed by atoms with Gasteiger partial charge in [0.15, 0.2) is 0 Å². The molecule has 1 fully saturated rings. The third kappa shape index (κ3) is 2.16. The number of piperidine rings is 1. The summed E-state index contributed by atoms with van der Waals surface area (Å²) in [6.07, 6.45) is 2.06. The minimum atomic E-state index is -0.466. The van der Waals surface area contributed by atoms with E-state index in [-0.39, 0.29) is 0 Å². The van der Waals surface area contributed by atoms with Gasteiger partial charge in [0, 0.05) is 18.3 Å². The van der Waals surface area contributed by atoms with Gasteiger partial charge in [-0.25, -0.2) is 0 Å². The molecule has 0 aromatic rings. The molecular formula is C7H11N3O. The molecule has 1 aliphatic heterocycles. The number of primary amides is 1. The predicted octanol–water partition coefficient (Wildman–Crippen LogP) is -0.589. The van der Waals surface area contributed by atoms with Crippen LogP contribution in [0.4, 0.5) is 0 Å². The van der Waals surface area contributed by atoms with Gasteiger partial charge < -0.3 is 16.5 Å². The molecule has 60 valence electrons. The van der Waals surface area contributed by atoms with Crippen molar-refractivity contribution in [2.75, 3.05) is 13.1 Å². The van der Waals surface area contributed by atoms with Gasteiger partial charge in [0.2, 0.25) is 5.91 Å². The van der Waals surface area contributed by atoms with Crippen molar-refractivity contribution in [3.63, 3.8) is 0 Å². The molecule has 0 aromatic heterocycles. The number of nitrogens with one attached hydrogen (secondary N) is 2. The summed E-state index contributed by atoms with van der Waals surface area (Å²) in [4.78, 5) is 10.4. The molecule has 1 amide bonds. The molecule has 0 spiro atoms. The number of carbonyl (C=O) groups is 1. The van der Waals surface area contributed by atoms with Crippen LogP contribution < -0.4 is 11.1 Å². The Balaban J connectivity index is 2.68. The number of rotatable bonds is 1. The maximum absolute atomic E-state index is 10.4. The van der Waals surface area contributed by atoms with Crippen molar-refractivity contribution in [1.29, 1.82) is 5.41 Å². The van der Waals surface area contributed by atoms with Gasteiger partial charge in [-0.3, -0.25) is 4.79 Å². The van der Waals surface area contributed by atoms with Crippen LogP contribution >= 0.6 is 0 Å². The van der Waals surface area contributed by atoms with Crippen LogP contribution in [0.2, 0.25) is 0 Å². The van der Waals surface area contributed by atoms with E-state index in [0.29, 0.717) is 12.3 Å². The summed E-state index contributed by atoms with van der Waals surface area (Å²) in [5.41, 5.74) is 6.18. The summed E-state index contributed by atoms with van der Waals surface area (Å²) in [5.74, 6) is -0.466. The Morgan fingerprint density at radius 3 is 3.00 bits per heavy atom. The lowest BCUT2D eigenvalue weighted by Gasteiger charge is -2.15. The zero-order valence-electron chi connectivity index (χ0n) is 6.18. The molecule has 1 saturated heterocycles. The van der Waals surface area contributed by atoms with E-state index in [0.717, 1.165) is 18.5 Å². The molecule has 1 rings (SSSR count). The maximum Gasteiger partial charge on any atom is 0.241 e. The highest BCUT2D eigenvalue weighted by Crippen LogP contribution is 2.05. The predicted molar refractivity (Wildman–Crippen MR) is 42.5 cm³/mol. The fourth-order valence-electron chi connectivity index (χ4n) is 1.03. The highest BCUT2D eigenvalue weighted by Gasteiger charge is 2.10. The molecule has 4 N–H and O–H groups in total. The Labute approximate surface area is 65.0 Å². The minimum absolute atomic E-state index is 0.466. The zero-order valence-corrected chi connectivity index (χ0v) is 6.18. The van der Waals surface area contributed by atoms with Gasteiger partial charge in [-0.1, -0.05) is 0 Å². The van der Waals surface area contributed by atoms with E-state index in [4.69, 9.17) is 11.1 Å². The van der Waals surface area contributed by atoms with Crippen molar-refractivity contribution in [3.05, 3.63) is 11.6 Å². The van der Waals surface area contributed by atoms with Crippen LogP contribution in [0.1, 0.15) is 6.42 Å². The molecule has 0 saturated carbocycles. The summed E-state index contributed by atoms with van der Waals surface area (Å²) in [6.45, 7) is 1.36. The Kier molecular flexibility index (Phi) is 2.38. The maximum atomic E-state index is 10.4. The highest BCUT2D eigenvalue weighted by atomic mass is 16.1. The summed E-state index contributed by atoms with van der Waals surface area (Å²) in [5, 5.41) is 10.4. The van der Waals surface area contributed by atoms with E-state index in [1.54, 1.807) is 0 Å². The average molecular weight is 153 g/mol. The van der Waals surface area contributed by atoms with Gasteiger partial charge in [-0.05, 0) is 18.5 Å². The lowest BCUT2D eigenvalue weighted by Crippen LogP contribution is -2.32. The summed E-state index contributed by atoms with van der Waals surface area (Å²) in [6, 6.07) is 0. The quantitative estimate of drug-likeness (QED) is 0.440. The van der Waals surface area contributed by atoms with Gasteiger partial charge in [-0.15, -0.1) is 0 Å². The number of nitrogens with two attached hydrogens (primary N) is 1. The molecule has 0 radical (unpaired) electrons. The van der Waals surface area contributed by atoms with E-state index in [1.807, 2.05) is 0 Å². The monoisotopic (exact) mass is 153 g/mol. The summed E-state index contributed by atoms with van der Waals surface area (Å²) in [7, 11) is 0. The van der Waals surface area contributed by atoms with Crippen LogP contribution in [0.5, 0.6) is 0 Å². The van der Waals surface area contributed by atoms with Crippen molar-refractivity contribution < 1.29 is 4.79 Å². The number of hydrogen-bond donors (Lipinski definition) is 3. The van der Waals surface area contributed by atoms with Gasteiger partial charge in [0.25, 0.3) is 0 Å². The van der Waals surface area contributed by atoms with E-state index in [2.05, 4.69) is 5.32 Å². The Morgan fingerprint density at radius 1 is 1.73 bits per heavy atom. The van der Waals surface area contributed by atoms with Crippen molar-refractivity contribution in [3.8, 4) is 0 Å². The topological polar surface area (TPSA) is 79.0 Å². The van der Waals surface area contributed by atoms with Gasteiger partial charge >= 0.3 is 0 Å². The van der Waals surface area contributed by atoms with Crippen molar-refractivity contribution >= 4 is 11.6 Å². The van der Waals surface area contributed by atoms with E-state index in [9.17, 15) is 4.79 Å². The van der Waals surface area contributed by atoms with E-state index < -0.39 is 5.91 Å². The lowest BCUT2D eigenvalue weighted by molar-refractivity contribution is -0.113. The first-order valence-corrected chi connectivity index (χ1v) is 3.48. The second-order valence-corrected chi connectivity index (χ2v) is 2.48. The first-order valence-electron chi connectivity index (χ1n) is 3.48. The molecule has 4 nitrogen and oxygen atoms in total. The second kappa shape index (κ2) is 3.30. The molecule has 0 unspecified atom stereocenters. The lowest BCUT2D eigenvalue weighted by atomic mass is 10.0. The fourth-order valence-corrected chi connectivity index (χ4v) is 1.03. The minimum Gasteiger partial charge on any atom is -0.366 e. The van der Waals surface area contributed by atoms with Gasteiger partial charge in [-0.2, -0.15) is 0 Å². The first kappa shape index (κ1) is 7.94. The Bertz CT molecular complexity index is 220. The first-order chi connectivity index (χ1) is 5.20. The fraction of sp³-hybridized carbons (Fsp3) is 0.429. The number of hydrogen-bond acceptors (Lipinski definition) is 3. The van der Waals surface area contributed by atoms with Crippen LogP contribution in [0.3, 0.4) is 0 Å². The van der Waals surface area contributed by atoms with Crippen molar-refractivity contribution in [1.82, 2.24) is 5.32 Å². The van der Waals surface area contributed by atoms with Crippen LogP contribution in [0, 0.1) is 5.41 Å². The smallest absolute Gasteiger partial charge is 0.241 e. The third-order valence-electron chi connectivity index (χ3n) is 1.58. The molecular weight excluding hydrogens is 142 g/mol. The van der Waals surface area contributed by atoms with E-state index >= 15 is 0 Å². The number of carbonyl (C=O) groups excluding carboxylic acids is 1. The molecule has 0 bridgehead atoms. The summed E-state index contributed by atoms with van der Waals surface area (Å²) >= 11 is 0. The molecule has 11 heavy (non-hydrogen) atoms. The standard InChI is InChI=1S/C7H11N3O/c8-6-4-10-2-1-5(6)3-7(9)11/h3,8,10H,1-2,4H2,(H2,9,11). The molecule has 1 aliphatic rings. The highest BCUT2D eigenvalue weighted by molar-refractivity contribution is 6.04. The number of amides is 1. The van der Waals surface area contributed by atoms with Gasteiger partial charge in [0.1, 0.15) is 0 Å². The average Bonchev–Trinajstić information content (AvgIpc) is 1.93. The molecule has 4 heteroatoms. The van der Waals surface area contributed by atoms with Crippen LogP contribution in [-0.2, 0) is 4.79 Å². The third-order valence-corrected chi connectivity index (χ3v) is 1.58. The van der Waals surface area contributed by atoms with Crippen molar-refractivity contribution in [2.24, 2.45) is 5.73 Å². The van der Waals surface area contributed by atoms with Gasteiger partial charge in [0.05, 0.1) is 0 Å². The van der Waals surface area contributed by atoms with Crippen molar-refractivity contribution in [2.45, 2.75) is 6.42 Å². The SMILES string of the molecule is N=C1CNCCC1=CC(N)=O. The molecule has 1 heterocycles. The Hall–Kier alpha value is -1.16. The molecule has 0 aliphatic carbocycles. The van der Waals surface area contributed by atoms with Crippen LogP contribution in [-0.4, -0.2) is 24.7 Å². The van der Waals surface area contributed by atoms with E-state index in [1.165, 1.54) is 6.08 Å². The zero-order chi connectivity index (χ0) is 8.27. The molecule has 0 aromatic carbocycles. The summed E-state index contributed by atoms with van der Waals surface area (Å²) < 4.78 is 0. The Morgan fingerprint density at radius 2 is 2.45 bits per heavy atom. The van der Waals surface area contributed by atoms with Crippen LogP contribution in [0.25, 0.3) is 0 Å². The normalized spacial score (nSPS) is 22.2.